The highest BCUT2D eigenvalue weighted by Crippen LogP contribution is 2.33. The molecule has 0 saturated carbocycles. The van der Waals surface area contributed by atoms with Gasteiger partial charge in [-0.05, 0) is 24.6 Å². The van der Waals surface area contributed by atoms with E-state index in [-0.39, 0.29) is 12.6 Å². The Kier molecular flexibility index (Phi) is 2.33. The van der Waals surface area contributed by atoms with Crippen molar-refractivity contribution < 1.29 is 9.84 Å². The van der Waals surface area contributed by atoms with Crippen molar-refractivity contribution in [1.82, 2.24) is 0 Å². The van der Waals surface area contributed by atoms with Crippen molar-refractivity contribution in [2.75, 3.05) is 25.2 Å². The van der Waals surface area contributed by atoms with Gasteiger partial charge in [0.05, 0.1) is 18.3 Å². The minimum absolute atomic E-state index is 0.0734. The van der Waals surface area contributed by atoms with Gasteiger partial charge in [0.25, 0.3) is 0 Å². The standard InChI is InChI=1S/C11H15NO2/c1-8-3-4-11-10(5-8)12(2)9(6-13)7-14-11/h3-5,9,13H,6-7H2,1-2H3. The summed E-state index contributed by atoms with van der Waals surface area (Å²) in [4.78, 5) is 2.08. The number of hydrogen-bond donors (Lipinski definition) is 1. The number of rotatable bonds is 1. The van der Waals surface area contributed by atoms with Crippen molar-refractivity contribution >= 4 is 5.69 Å². The van der Waals surface area contributed by atoms with E-state index in [0.29, 0.717) is 6.61 Å². The van der Waals surface area contributed by atoms with Crippen LogP contribution < -0.4 is 9.64 Å². The lowest BCUT2D eigenvalue weighted by Crippen LogP contribution is -2.42. The average molecular weight is 193 g/mol. The van der Waals surface area contributed by atoms with Gasteiger partial charge in [-0.1, -0.05) is 6.07 Å². The lowest BCUT2D eigenvalue weighted by Gasteiger charge is -2.34. The number of fused-ring (bicyclic) bond motifs is 1. The average Bonchev–Trinajstić information content (AvgIpc) is 2.20. The molecule has 0 fully saturated rings. The fraction of sp³-hybridized carbons (Fsp3) is 0.455. The van der Waals surface area contributed by atoms with Gasteiger partial charge in [0.2, 0.25) is 0 Å². The van der Waals surface area contributed by atoms with Crippen molar-refractivity contribution in [2.24, 2.45) is 0 Å². The molecule has 0 bridgehead atoms. The van der Waals surface area contributed by atoms with E-state index in [4.69, 9.17) is 9.84 Å². The summed E-state index contributed by atoms with van der Waals surface area (Å²) in [6.45, 7) is 2.74. The Labute approximate surface area is 83.9 Å². The topological polar surface area (TPSA) is 32.7 Å². The predicted octanol–water partition coefficient (Wildman–Crippen LogP) is 1.18. The molecule has 1 aliphatic rings. The molecule has 2 rings (SSSR count). The van der Waals surface area contributed by atoms with Gasteiger partial charge in [-0.15, -0.1) is 0 Å². The zero-order chi connectivity index (χ0) is 10.1. The second kappa shape index (κ2) is 3.50. The summed E-state index contributed by atoms with van der Waals surface area (Å²) in [7, 11) is 1.99. The van der Waals surface area contributed by atoms with E-state index in [9.17, 15) is 0 Å². The third kappa shape index (κ3) is 1.44. The molecule has 0 aromatic heterocycles. The SMILES string of the molecule is Cc1ccc2c(c1)N(C)C(CO)CO2. The lowest BCUT2D eigenvalue weighted by molar-refractivity contribution is 0.191. The molecule has 76 valence electrons. The maximum atomic E-state index is 9.13. The second-order valence-electron chi connectivity index (χ2n) is 3.73. The molecule has 0 radical (unpaired) electrons. The monoisotopic (exact) mass is 193 g/mol. The van der Waals surface area contributed by atoms with Gasteiger partial charge < -0.3 is 14.7 Å². The second-order valence-corrected chi connectivity index (χ2v) is 3.73. The van der Waals surface area contributed by atoms with Crippen LogP contribution in [0.1, 0.15) is 5.56 Å². The Hall–Kier alpha value is -1.22. The number of hydrogen-bond acceptors (Lipinski definition) is 3. The first-order valence-corrected chi connectivity index (χ1v) is 4.79. The van der Waals surface area contributed by atoms with E-state index in [1.807, 2.05) is 19.2 Å². The Balaban J connectivity index is 2.38. The largest absolute Gasteiger partial charge is 0.489 e. The predicted molar refractivity (Wildman–Crippen MR) is 56.0 cm³/mol. The molecule has 1 aromatic carbocycles. The first kappa shape index (κ1) is 9.34. The molecule has 0 aliphatic carbocycles. The van der Waals surface area contributed by atoms with Crippen molar-refractivity contribution in [3.8, 4) is 5.75 Å². The molecule has 1 heterocycles. The van der Waals surface area contributed by atoms with Gasteiger partial charge in [-0.2, -0.15) is 0 Å². The van der Waals surface area contributed by atoms with Crippen LogP contribution in [0.4, 0.5) is 5.69 Å². The van der Waals surface area contributed by atoms with Crippen LogP contribution in [0.25, 0.3) is 0 Å². The van der Waals surface area contributed by atoms with Crippen molar-refractivity contribution in [2.45, 2.75) is 13.0 Å². The van der Waals surface area contributed by atoms with Crippen LogP contribution in [-0.4, -0.2) is 31.4 Å². The van der Waals surface area contributed by atoms with Crippen molar-refractivity contribution in [3.63, 3.8) is 0 Å². The van der Waals surface area contributed by atoms with Gasteiger partial charge in [-0.25, -0.2) is 0 Å². The van der Waals surface area contributed by atoms with E-state index < -0.39 is 0 Å². The van der Waals surface area contributed by atoms with E-state index >= 15 is 0 Å². The minimum Gasteiger partial charge on any atom is -0.489 e. The van der Waals surface area contributed by atoms with E-state index in [1.165, 1.54) is 5.56 Å². The van der Waals surface area contributed by atoms with Gasteiger partial charge in [-0.3, -0.25) is 0 Å². The number of benzene rings is 1. The van der Waals surface area contributed by atoms with Crippen LogP contribution in [0.5, 0.6) is 5.75 Å². The van der Waals surface area contributed by atoms with Crippen LogP contribution in [-0.2, 0) is 0 Å². The summed E-state index contributed by atoms with van der Waals surface area (Å²) >= 11 is 0. The fourth-order valence-corrected chi connectivity index (χ4v) is 1.69. The van der Waals surface area contributed by atoms with Crippen LogP contribution >= 0.6 is 0 Å². The van der Waals surface area contributed by atoms with E-state index in [2.05, 4.69) is 17.9 Å². The molecule has 1 atom stereocenters. The minimum atomic E-state index is 0.0734. The van der Waals surface area contributed by atoms with Gasteiger partial charge in [0.15, 0.2) is 0 Å². The number of anilines is 1. The summed E-state index contributed by atoms with van der Waals surface area (Å²) in [6, 6.07) is 6.17. The summed E-state index contributed by atoms with van der Waals surface area (Å²) < 4.78 is 5.55. The Morgan fingerprint density at radius 1 is 1.57 bits per heavy atom. The normalized spacial score (nSPS) is 20.2. The van der Waals surface area contributed by atoms with Crippen LogP contribution in [0.15, 0.2) is 18.2 Å². The van der Waals surface area contributed by atoms with Gasteiger partial charge in [0, 0.05) is 7.05 Å². The number of ether oxygens (including phenoxy) is 1. The highest BCUT2D eigenvalue weighted by atomic mass is 16.5. The first-order valence-electron chi connectivity index (χ1n) is 4.79. The zero-order valence-corrected chi connectivity index (χ0v) is 8.53. The molecule has 0 spiro atoms. The number of likely N-dealkylation sites (N-methyl/N-ethyl adjacent to an activating group) is 1. The summed E-state index contributed by atoms with van der Waals surface area (Å²) in [5.74, 6) is 0.905. The van der Waals surface area contributed by atoms with Crippen molar-refractivity contribution in [3.05, 3.63) is 23.8 Å². The molecular formula is C11H15NO2. The number of nitrogens with zero attached hydrogens (tertiary/aromatic N) is 1. The van der Waals surface area contributed by atoms with Crippen LogP contribution in [0.2, 0.25) is 0 Å². The van der Waals surface area contributed by atoms with Gasteiger partial charge in [0.1, 0.15) is 12.4 Å². The first-order chi connectivity index (χ1) is 6.72. The Bertz CT molecular complexity index is 338. The zero-order valence-electron chi connectivity index (χ0n) is 8.53. The quantitative estimate of drug-likeness (QED) is 0.727. The maximum Gasteiger partial charge on any atom is 0.142 e. The molecule has 3 heteroatoms. The summed E-state index contributed by atoms with van der Waals surface area (Å²) in [5.41, 5.74) is 2.27. The highest BCUT2D eigenvalue weighted by molar-refractivity contribution is 5.61. The maximum absolute atomic E-state index is 9.13. The number of aliphatic hydroxyl groups excluding tert-OH is 1. The molecule has 0 amide bonds. The van der Waals surface area contributed by atoms with Crippen LogP contribution in [0, 0.1) is 6.92 Å². The summed E-state index contributed by atoms with van der Waals surface area (Å²) in [6.07, 6.45) is 0. The molecule has 1 aromatic rings. The summed E-state index contributed by atoms with van der Waals surface area (Å²) in [5, 5.41) is 9.13. The molecule has 3 nitrogen and oxygen atoms in total. The highest BCUT2D eigenvalue weighted by Gasteiger charge is 2.23. The van der Waals surface area contributed by atoms with Crippen LogP contribution in [0.3, 0.4) is 0 Å². The number of aliphatic hydroxyl groups is 1. The van der Waals surface area contributed by atoms with E-state index in [0.717, 1.165) is 11.4 Å². The molecule has 1 aliphatic heterocycles. The Morgan fingerprint density at radius 3 is 3.07 bits per heavy atom. The molecule has 14 heavy (non-hydrogen) atoms. The lowest BCUT2D eigenvalue weighted by atomic mass is 10.1. The smallest absolute Gasteiger partial charge is 0.142 e. The van der Waals surface area contributed by atoms with Gasteiger partial charge >= 0.3 is 0 Å². The van der Waals surface area contributed by atoms with E-state index in [1.54, 1.807) is 0 Å². The molecule has 1 N–H and O–H groups in total. The third-order valence-electron chi connectivity index (χ3n) is 2.68. The molecule has 0 saturated heterocycles. The molecule has 1 unspecified atom stereocenters. The molecular weight excluding hydrogens is 178 g/mol. The third-order valence-corrected chi connectivity index (χ3v) is 2.68. The Morgan fingerprint density at radius 2 is 2.36 bits per heavy atom. The number of aryl methyl sites for hydroxylation is 1. The fourth-order valence-electron chi connectivity index (χ4n) is 1.69. The van der Waals surface area contributed by atoms with Crippen molar-refractivity contribution in [1.29, 1.82) is 0 Å².